The fourth-order valence-electron chi connectivity index (χ4n) is 2.29. The third-order valence-electron chi connectivity index (χ3n) is 3.45. The summed E-state index contributed by atoms with van der Waals surface area (Å²) in [7, 11) is 2.18. The minimum absolute atomic E-state index is 0.335. The molecule has 1 aromatic carbocycles. The lowest BCUT2D eigenvalue weighted by molar-refractivity contribution is 0.282. The Morgan fingerprint density at radius 2 is 1.65 bits per heavy atom. The highest BCUT2D eigenvalue weighted by atomic mass is 16.2. The van der Waals surface area contributed by atoms with Crippen LogP contribution in [0, 0.1) is 0 Å². The number of hydrogen-bond donors (Lipinski definition) is 2. The summed E-state index contributed by atoms with van der Waals surface area (Å²) >= 11 is 0. The second kappa shape index (κ2) is 11.9. The van der Waals surface area contributed by atoms with Gasteiger partial charge in [0.1, 0.15) is 0 Å². The van der Waals surface area contributed by atoms with E-state index in [2.05, 4.69) is 47.6 Å². The van der Waals surface area contributed by atoms with Crippen molar-refractivity contribution in [3.63, 3.8) is 0 Å². The van der Waals surface area contributed by atoms with Crippen LogP contribution in [-0.2, 0) is 6.54 Å². The highest BCUT2D eigenvalue weighted by Gasteiger charge is 1.99. The first-order valence-corrected chi connectivity index (χ1v) is 7.87. The summed E-state index contributed by atoms with van der Waals surface area (Å²) in [4.78, 5) is 2.37. The predicted molar refractivity (Wildman–Crippen MR) is 85.8 cm³/mol. The zero-order valence-corrected chi connectivity index (χ0v) is 12.9. The van der Waals surface area contributed by atoms with Gasteiger partial charge in [0.2, 0.25) is 0 Å². The number of benzene rings is 1. The largest absolute Gasteiger partial charge is 0.396 e. The summed E-state index contributed by atoms with van der Waals surface area (Å²) in [6, 6.07) is 10.6. The van der Waals surface area contributed by atoms with Crippen molar-refractivity contribution >= 4 is 0 Å². The lowest BCUT2D eigenvalue weighted by Gasteiger charge is -2.16. The van der Waals surface area contributed by atoms with Crippen LogP contribution in [0.5, 0.6) is 0 Å². The number of hydrogen-bond acceptors (Lipinski definition) is 3. The van der Waals surface area contributed by atoms with E-state index in [1.165, 1.54) is 24.8 Å². The van der Waals surface area contributed by atoms with Crippen molar-refractivity contribution in [1.29, 1.82) is 0 Å². The number of aliphatic hydroxyl groups is 1. The summed E-state index contributed by atoms with van der Waals surface area (Å²) in [6.07, 6.45) is 5.74. The molecule has 0 aliphatic carbocycles. The Balaban J connectivity index is 1.91. The Morgan fingerprint density at radius 3 is 2.40 bits per heavy atom. The van der Waals surface area contributed by atoms with Gasteiger partial charge in [0, 0.05) is 13.2 Å². The van der Waals surface area contributed by atoms with Crippen LogP contribution in [0.4, 0.5) is 0 Å². The molecule has 114 valence electrons. The van der Waals surface area contributed by atoms with Gasteiger partial charge in [-0.2, -0.15) is 0 Å². The van der Waals surface area contributed by atoms with Gasteiger partial charge in [-0.1, -0.05) is 43.2 Å². The Bertz CT molecular complexity index is 316. The van der Waals surface area contributed by atoms with Crippen LogP contribution < -0.4 is 5.32 Å². The monoisotopic (exact) mass is 278 g/mol. The van der Waals surface area contributed by atoms with Crippen molar-refractivity contribution in [2.45, 2.75) is 38.6 Å². The standard InChI is InChI=1S/C17H30N2O/c1-19(16-17-10-5-4-6-11-17)14-9-13-18-12-7-2-3-8-15-20/h4-6,10-11,18,20H,2-3,7-9,12-16H2,1H3. The van der Waals surface area contributed by atoms with Gasteiger partial charge in [-0.3, -0.25) is 0 Å². The fourth-order valence-corrected chi connectivity index (χ4v) is 2.29. The molecule has 0 aromatic heterocycles. The molecule has 1 aromatic rings. The highest BCUT2D eigenvalue weighted by Crippen LogP contribution is 2.02. The Hall–Kier alpha value is -0.900. The molecule has 2 N–H and O–H groups in total. The minimum atomic E-state index is 0.335. The molecule has 20 heavy (non-hydrogen) atoms. The molecule has 0 unspecified atom stereocenters. The topological polar surface area (TPSA) is 35.5 Å². The molecule has 3 nitrogen and oxygen atoms in total. The average Bonchev–Trinajstić information content (AvgIpc) is 2.46. The highest BCUT2D eigenvalue weighted by molar-refractivity contribution is 5.14. The Labute approximate surface area is 124 Å². The molecule has 0 saturated heterocycles. The van der Waals surface area contributed by atoms with Crippen molar-refractivity contribution in [3.8, 4) is 0 Å². The van der Waals surface area contributed by atoms with Crippen molar-refractivity contribution in [1.82, 2.24) is 10.2 Å². The number of unbranched alkanes of at least 4 members (excludes halogenated alkanes) is 3. The van der Waals surface area contributed by atoms with E-state index in [1.54, 1.807) is 0 Å². The maximum absolute atomic E-state index is 8.68. The van der Waals surface area contributed by atoms with Gasteiger partial charge >= 0.3 is 0 Å². The van der Waals surface area contributed by atoms with Crippen LogP contribution in [0.3, 0.4) is 0 Å². The molecular weight excluding hydrogens is 248 g/mol. The van der Waals surface area contributed by atoms with E-state index < -0.39 is 0 Å². The van der Waals surface area contributed by atoms with E-state index in [1.807, 2.05) is 0 Å². The number of nitrogens with zero attached hydrogens (tertiary/aromatic N) is 1. The van der Waals surface area contributed by atoms with E-state index in [4.69, 9.17) is 5.11 Å². The van der Waals surface area contributed by atoms with Crippen LogP contribution in [0.15, 0.2) is 30.3 Å². The van der Waals surface area contributed by atoms with Gasteiger partial charge in [-0.15, -0.1) is 0 Å². The molecule has 0 atom stereocenters. The van der Waals surface area contributed by atoms with Gasteiger partial charge in [0.25, 0.3) is 0 Å². The molecular formula is C17H30N2O. The van der Waals surface area contributed by atoms with E-state index in [-0.39, 0.29) is 0 Å². The molecule has 0 fully saturated rings. The first-order valence-electron chi connectivity index (χ1n) is 7.87. The molecule has 0 aliphatic rings. The summed E-state index contributed by atoms with van der Waals surface area (Å²) < 4.78 is 0. The van der Waals surface area contributed by atoms with Crippen molar-refractivity contribution in [2.24, 2.45) is 0 Å². The lowest BCUT2D eigenvalue weighted by Crippen LogP contribution is -2.24. The first-order chi connectivity index (χ1) is 9.83. The Morgan fingerprint density at radius 1 is 0.950 bits per heavy atom. The second-order valence-corrected chi connectivity index (χ2v) is 5.46. The number of nitrogens with one attached hydrogen (secondary N) is 1. The van der Waals surface area contributed by atoms with Crippen LogP contribution in [0.1, 0.15) is 37.7 Å². The summed E-state index contributed by atoms with van der Waals surface area (Å²) in [5.74, 6) is 0. The van der Waals surface area contributed by atoms with E-state index >= 15 is 0 Å². The molecule has 0 radical (unpaired) electrons. The molecule has 3 heteroatoms. The normalized spacial score (nSPS) is 11.2. The fraction of sp³-hybridized carbons (Fsp3) is 0.647. The predicted octanol–water partition coefficient (Wildman–Crippen LogP) is 2.65. The average molecular weight is 278 g/mol. The summed E-state index contributed by atoms with van der Waals surface area (Å²) in [6.45, 7) is 4.70. The third kappa shape index (κ3) is 9.08. The Kier molecular flexibility index (Phi) is 10.2. The van der Waals surface area contributed by atoms with E-state index in [9.17, 15) is 0 Å². The van der Waals surface area contributed by atoms with Gasteiger partial charge in [-0.05, 0) is 51.5 Å². The molecule has 1 rings (SSSR count). The lowest BCUT2D eigenvalue weighted by atomic mass is 10.2. The second-order valence-electron chi connectivity index (χ2n) is 5.46. The van der Waals surface area contributed by atoms with Crippen molar-refractivity contribution in [3.05, 3.63) is 35.9 Å². The smallest absolute Gasteiger partial charge is 0.0431 e. The summed E-state index contributed by atoms with van der Waals surface area (Å²) in [5.41, 5.74) is 1.38. The number of rotatable bonds is 12. The summed E-state index contributed by atoms with van der Waals surface area (Å²) in [5, 5.41) is 12.2. The quantitative estimate of drug-likeness (QED) is 0.577. The number of aliphatic hydroxyl groups excluding tert-OH is 1. The SMILES string of the molecule is CN(CCCNCCCCCCO)Cc1ccccc1. The maximum Gasteiger partial charge on any atom is 0.0431 e. The van der Waals surface area contributed by atoms with Crippen LogP contribution >= 0.6 is 0 Å². The van der Waals surface area contributed by atoms with Gasteiger partial charge < -0.3 is 15.3 Å². The molecule has 0 aliphatic heterocycles. The molecule has 0 saturated carbocycles. The molecule has 0 amide bonds. The maximum atomic E-state index is 8.68. The van der Waals surface area contributed by atoms with E-state index in [0.717, 1.165) is 39.0 Å². The molecule has 0 spiro atoms. The van der Waals surface area contributed by atoms with Crippen molar-refractivity contribution < 1.29 is 5.11 Å². The molecule has 0 bridgehead atoms. The first kappa shape index (κ1) is 17.2. The minimum Gasteiger partial charge on any atom is -0.396 e. The van der Waals surface area contributed by atoms with Crippen LogP contribution in [-0.4, -0.2) is 43.3 Å². The van der Waals surface area contributed by atoms with Gasteiger partial charge in [0.15, 0.2) is 0 Å². The zero-order valence-electron chi connectivity index (χ0n) is 12.9. The van der Waals surface area contributed by atoms with Gasteiger partial charge in [-0.25, -0.2) is 0 Å². The van der Waals surface area contributed by atoms with Crippen molar-refractivity contribution in [2.75, 3.05) is 33.3 Å². The third-order valence-corrected chi connectivity index (χ3v) is 3.45. The van der Waals surface area contributed by atoms with Crippen LogP contribution in [0.2, 0.25) is 0 Å². The van der Waals surface area contributed by atoms with Gasteiger partial charge in [0.05, 0.1) is 0 Å². The van der Waals surface area contributed by atoms with Crippen LogP contribution in [0.25, 0.3) is 0 Å². The molecule has 0 heterocycles. The zero-order chi connectivity index (χ0) is 14.5. The van der Waals surface area contributed by atoms with E-state index in [0.29, 0.717) is 6.61 Å².